The van der Waals surface area contributed by atoms with Crippen LogP contribution in [0.4, 0.5) is 5.82 Å². The Kier molecular flexibility index (Phi) is 6.23. The highest BCUT2D eigenvalue weighted by Crippen LogP contribution is 2.19. The van der Waals surface area contributed by atoms with Crippen molar-refractivity contribution >= 4 is 39.4 Å². The Morgan fingerprint density at radius 2 is 2.37 bits per heavy atom. The van der Waals surface area contributed by atoms with Crippen LogP contribution in [0.1, 0.15) is 17.3 Å². The third kappa shape index (κ3) is 4.79. The van der Waals surface area contributed by atoms with Crippen molar-refractivity contribution in [1.82, 2.24) is 10.3 Å². The average Bonchev–Trinajstić information content (AvgIpc) is 2.36. The highest BCUT2D eigenvalue weighted by atomic mass is 79.9. The molecule has 8 heteroatoms. The van der Waals surface area contributed by atoms with Gasteiger partial charge in [-0.05, 0) is 43.8 Å². The molecule has 0 aromatic carbocycles. The molecule has 1 aromatic rings. The van der Waals surface area contributed by atoms with Crippen LogP contribution in [0.25, 0.3) is 0 Å². The van der Waals surface area contributed by atoms with E-state index in [1.54, 1.807) is 11.8 Å². The molecule has 1 unspecified atom stereocenters. The lowest BCUT2D eigenvalue weighted by Gasteiger charge is -2.11. The molecule has 1 N–H and O–H groups in total. The van der Waals surface area contributed by atoms with Gasteiger partial charge in [-0.25, -0.2) is 0 Å². The van der Waals surface area contributed by atoms with E-state index in [1.807, 2.05) is 13.2 Å². The van der Waals surface area contributed by atoms with Gasteiger partial charge in [0.1, 0.15) is 0 Å². The molecule has 1 rings (SSSR count). The number of halogens is 1. The number of pyridine rings is 1. The first kappa shape index (κ1) is 15.9. The number of hydrogen-bond acceptors (Lipinski definition) is 5. The van der Waals surface area contributed by atoms with E-state index in [1.165, 1.54) is 12.3 Å². The molecule has 104 valence electrons. The van der Waals surface area contributed by atoms with Gasteiger partial charge in [0.2, 0.25) is 0 Å². The predicted molar refractivity (Wildman–Crippen MR) is 78.5 cm³/mol. The lowest BCUT2D eigenvalue weighted by molar-refractivity contribution is -0.389. The molecule has 6 nitrogen and oxygen atoms in total. The van der Waals surface area contributed by atoms with E-state index in [9.17, 15) is 14.9 Å². The summed E-state index contributed by atoms with van der Waals surface area (Å²) in [5, 5.41) is 13.4. The zero-order valence-corrected chi connectivity index (χ0v) is 13.0. The van der Waals surface area contributed by atoms with Crippen molar-refractivity contribution in [2.24, 2.45) is 5.92 Å². The summed E-state index contributed by atoms with van der Waals surface area (Å²) in [6.07, 6.45) is 3.26. The molecule has 0 aliphatic rings. The fourth-order valence-corrected chi connectivity index (χ4v) is 2.49. The summed E-state index contributed by atoms with van der Waals surface area (Å²) < 4.78 is 0.438. The molecule has 0 fully saturated rings. The first-order valence-electron chi connectivity index (χ1n) is 5.52. The van der Waals surface area contributed by atoms with Crippen LogP contribution in [0.15, 0.2) is 16.7 Å². The zero-order valence-electron chi connectivity index (χ0n) is 10.6. The molecular formula is C11H14BrN3O3S. The molecular weight excluding hydrogens is 334 g/mol. The minimum atomic E-state index is -0.625. The first-order valence-corrected chi connectivity index (χ1v) is 7.71. The Morgan fingerprint density at radius 3 is 2.95 bits per heavy atom. The van der Waals surface area contributed by atoms with Gasteiger partial charge in [-0.3, -0.25) is 4.79 Å². The maximum atomic E-state index is 12.0. The van der Waals surface area contributed by atoms with Gasteiger partial charge >= 0.3 is 5.82 Å². The number of amides is 1. The van der Waals surface area contributed by atoms with Crippen LogP contribution in [0.5, 0.6) is 0 Å². The van der Waals surface area contributed by atoms with Crippen LogP contribution in [0, 0.1) is 16.0 Å². The van der Waals surface area contributed by atoms with Gasteiger partial charge in [-0.15, -0.1) is 0 Å². The second kappa shape index (κ2) is 7.44. The number of rotatable bonds is 6. The predicted octanol–water partition coefficient (Wildman–Crippen LogP) is 2.48. The summed E-state index contributed by atoms with van der Waals surface area (Å²) in [7, 11) is 0. The van der Waals surface area contributed by atoms with Crippen molar-refractivity contribution in [3.63, 3.8) is 0 Å². The fraction of sp³-hybridized carbons (Fsp3) is 0.455. The van der Waals surface area contributed by atoms with E-state index in [0.29, 0.717) is 16.9 Å². The smallest absolute Gasteiger partial charge is 0.358 e. The normalized spacial score (nSPS) is 11.9. The Hall–Kier alpha value is -1.15. The molecule has 1 aromatic heterocycles. The van der Waals surface area contributed by atoms with Gasteiger partial charge in [-0.1, -0.05) is 6.92 Å². The van der Waals surface area contributed by atoms with Crippen LogP contribution in [0.2, 0.25) is 0 Å². The van der Waals surface area contributed by atoms with Gasteiger partial charge < -0.3 is 15.4 Å². The number of nitro groups is 1. The minimum Gasteiger partial charge on any atom is -0.358 e. The summed E-state index contributed by atoms with van der Waals surface area (Å²) in [6, 6.07) is 1.17. The fourth-order valence-electron chi connectivity index (χ4n) is 1.41. The summed E-state index contributed by atoms with van der Waals surface area (Å²) in [6.45, 7) is 2.56. The van der Waals surface area contributed by atoms with Crippen LogP contribution in [0.3, 0.4) is 0 Å². The molecule has 0 radical (unpaired) electrons. The van der Waals surface area contributed by atoms with Crippen LogP contribution in [-0.2, 0) is 0 Å². The second-order valence-electron chi connectivity index (χ2n) is 4.05. The summed E-state index contributed by atoms with van der Waals surface area (Å²) in [5.74, 6) is 0.600. The molecule has 1 heterocycles. The van der Waals surface area contributed by atoms with E-state index in [2.05, 4.69) is 26.2 Å². The number of carbonyl (C=O) groups is 1. The van der Waals surface area contributed by atoms with Crippen LogP contribution in [-0.4, -0.2) is 34.4 Å². The number of thioether (sulfide) groups is 1. The van der Waals surface area contributed by atoms with E-state index in [0.717, 1.165) is 5.75 Å². The van der Waals surface area contributed by atoms with Crippen molar-refractivity contribution in [3.8, 4) is 0 Å². The number of nitrogens with zero attached hydrogens (tertiary/aromatic N) is 2. The van der Waals surface area contributed by atoms with Gasteiger partial charge in [0.25, 0.3) is 5.91 Å². The monoisotopic (exact) mass is 347 g/mol. The molecule has 1 atom stereocenters. The molecule has 0 bridgehead atoms. The van der Waals surface area contributed by atoms with Gasteiger partial charge in [0, 0.05) is 12.6 Å². The van der Waals surface area contributed by atoms with Crippen molar-refractivity contribution in [2.75, 3.05) is 18.6 Å². The lowest BCUT2D eigenvalue weighted by Crippen LogP contribution is -2.29. The summed E-state index contributed by atoms with van der Waals surface area (Å²) >= 11 is 4.87. The molecule has 0 aliphatic carbocycles. The van der Waals surface area contributed by atoms with Gasteiger partial charge in [0.15, 0.2) is 6.20 Å². The molecule has 1 amide bonds. The van der Waals surface area contributed by atoms with E-state index in [4.69, 9.17) is 0 Å². The van der Waals surface area contributed by atoms with E-state index in [-0.39, 0.29) is 17.3 Å². The minimum absolute atomic E-state index is 0.220. The van der Waals surface area contributed by atoms with Crippen LogP contribution >= 0.6 is 27.7 Å². The standard InChI is InChI=1S/C11H14BrN3O3S/c1-7(6-19-2)4-14-11(16)8-3-10(15(17)18)13-5-9(8)12/h3,5,7H,4,6H2,1-2H3,(H,14,16). The number of aromatic nitrogens is 1. The van der Waals surface area contributed by atoms with E-state index < -0.39 is 4.92 Å². The van der Waals surface area contributed by atoms with Gasteiger partial charge in [-0.2, -0.15) is 11.8 Å². The Labute approximate surface area is 123 Å². The van der Waals surface area contributed by atoms with Crippen molar-refractivity contribution < 1.29 is 9.72 Å². The number of hydrogen-bond donors (Lipinski definition) is 1. The third-order valence-electron chi connectivity index (χ3n) is 2.33. The number of carbonyl (C=O) groups excluding carboxylic acids is 1. The zero-order chi connectivity index (χ0) is 14.4. The number of nitrogens with one attached hydrogen (secondary N) is 1. The largest absolute Gasteiger partial charge is 0.364 e. The lowest BCUT2D eigenvalue weighted by atomic mass is 10.2. The topological polar surface area (TPSA) is 85.1 Å². The Morgan fingerprint density at radius 1 is 1.68 bits per heavy atom. The quantitative estimate of drug-likeness (QED) is 0.631. The molecule has 0 spiro atoms. The average molecular weight is 348 g/mol. The second-order valence-corrected chi connectivity index (χ2v) is 5.82. The Bertz CT molecular complexity index is 484. The maximum absolute atomic E-state index is 12.0. The third-order valence-corrected chi connectivity index (χ3v) is 3.87. The molecule has 19 heavy (non-hydrogen) atoms. The van der Waals surface area contributed by atoms with Gasteiger partial charge in [0.05, 0.1) is 10.0 Å². The highest BCUT2D eigenvalue weighted by Gasteiger charge is 2.17. The van der Waals surface area contributed by atoms with Crippen molar-refractivity contribution in [2.45, 2.75) is 6.92 Å². The summed E-state index contributed by atoms with van der Waals surface area (Å²) in [4.78, 5) is 25.6. The van der Waals surface area contributed by atoms with E-state index >= 15 is 0 Å². The molecule has 0 aliphatic heterocycles. The van der Waals surface area contributed by atoms with Crippen molar-refractivity contribution in [1.29, 1.82) is 0 Å². The SMILES string of the molecule is CSCC(C)CNC(=O)c1cc([N+](=O)[O-])ncc1Br. The summed E-state index contributed by atoms with van der Waals surface area (Å²) in [5.41, 5.74) is 0.220. The maximum Gasteiger partial charge on any atom is 0.364 e. The molecule has 0 saturated heterocycles. The highest BCUT2D eigenvalue weighted by molar-refractivity contribution is 9.10. The van der Waals surface area contributed by atoms with Crippen molar-refractivity contribution in [3.05, 3.63) is 32.4 Å². The van der Waals surface area contributed by atoms with Crippen LogP contribution < -0.4 is 5.32 Å². The first-order chi connectivity index (χ1) is 8.95. The molecule has 0 saturated carbocycles. The Balaban J connectivity index is 2.76.